The van der Waals surface area contributed by atoms with E-state index in [4.69, 9.17) is 10.5 Å². The van der Waals surface area contributed by atoms with Crippen LogP contribution in [0.25, 0.3) is 0 Å². The Kier molecular flexibility index (Phi) is 3.41. The molecule has 0 saturated carbocycles. The molecule has 0 unspecified atom stereocenters. The standard InChI is InChI=1S/C11H8F3N3O2/c12-11(13,14)19-8-3-1-7(2-4-8)18-10-16-6-5-9(15)17-10/h1-6H,(H2,15,16,17). The third kappa shape index (κ3) is 4.02. The minimum Gasteiger partial charge on any atom is -0.424 e. The number of anilines is 1. The molecule has 2 rings (SSSR count). The molecule has 0 spiro atoms. The quantitative estimate of drug-likeness (QED) is 0.929. The maximum Gasteiger partial charge on any atom is 0.573 e. The predicted octanol–water partition coefficient (Wildman–Crippen LogP) is 2.75. The molecule has 1 aromatic heterocycles. The molecule has 0 saturated heterocycles. The van der Waals surface area contributed by atoms with Crippen LogP contribution in [0.4, 0.5) is 19.0 Å². The summed E-state index contributed by atoms with van der Waals surface area (Å²) in [5, 5.41) is 0. The first-order valence-electron chi connectivity index (χ1n) is 5.04. The zero-order chi connectivity index (χ0) is 13.9. The van der Waals surface area contributed by atoms with Crippen LogP contribution in [-0.4, -0.2) is 16.3 Å². The highest BCUT2D eigenvalue weighted by atomic mass is 19.4. The Labute approximate surface area is 105 Å². The lowest BCUT2D eigenvalue weighted by Gasteiger charge is -2.09. The van der Waals surface area contributed by atoms with Crippen molar-refractivity contribution in [2.24, 2.45) is 0 Å². The molecule has 0 aliphatic heterocycles. The molecule has 0 radical (unpaired) electrons. The van der Waals surface area contributed by atoms with Gasteiger partial charge in [-0.25, -0.2) is 4.98 Å². The second-order valence-electron chi connectivity index (χ2n) is 3.39. The van der Waals surface area contributed by atoms with Gasteiger partial charge < -0.3 is 15.2 Å². The molecule has 8 heteroatoms. The highest BCUT2D eigenvalue weighted by Gasteiger charge is 2.30. The molecule has 19 heavy (non-hydrogen) atoms. The van der Waals surface area contributed by atoms with Gasteiger partial charge in [0.25, 0.3) is 0 Å². The van der Waals surface area contributed by atoms with Crippen molar-refractivity contribution in [3.8, 4) is 17.5 Å². The highest BCUT2D eigenvalue weighted by Crippen LogP contribution is 2.26. The van der Waals surface area contributed by atoms with Gasteiger partial charge in [0.2, 0.25) is 0 Å². The first-order chi connectivity index (χ1) is 8.92. The van der Waals surface area contributed by atoms with Crippen LogP contribution < -0.4 is 15.2 Å². The van der Waals surface area contributed by atoms with Crippen LogP contribution in [-0.2, 0) is 0 Å². The van der Waals surface area contributed by atoms with Crippen molar-refractivity contribution in [2.75, 3.05) is 5.73 Å². The SMILES string of the molecule is Nc1ccnc(Oc2ccc(OC(F)(F)F)cc2)n1. The van der Waals surface area contributed by atoms with Crippen molar-refractivity contribution >= 4 is 5.82 Å². The van der Waals surface area contributed by atoms with E-state index in [2.05, 4.69) is 14.7 Å². The zero-order valence-electron chi connectivity index (χ0n) is 9.39. The van der Waals surface area contributed by atoms with E-state index >= 15 is 0 Å². The van der Waals surface area contributed by atoms with Crippen molar-refractivity contribution in [1.82, 2.24) is 9.97 Å². The van der Waals surface area contributed by atoms with E-state index < -0.39 is 6.36 Å². The van der Waals surface area contributed by atoms with Gasteiger partial charge in [-0.3, -0.25) is 0 Å². The average molecular weight is 271 g/mol. The summed E-state index contributed by atoms with van der Waals surface area (Å²) in [7, 11) is 0. The molecule has 0 bridgehead atoms. The summed E-state index contributed by atoms with van der Waals surface area (Å²) in [4.78, 5) is 7.58. The summed E-state index contributed by atoms with van der Waals surface area (Å²) in [6.07, 6.45) is -3.32. The second-order valence-corrected chi connectivity index (χ2v) is 3.39. The van der Waals surface area contributed by atoms with Crippen LogP contribution in [0, 0.1) is 0 Å². The fourth-order valence-corrected chi connectivity index (χ4v) is 1.22. The van der Waals surface area contributed by atoms with Crippen molar-refractivity contribution in [1.29, 1.82) is 0 Å². The minimum absolute atomic E-state index is 0.00416. The number of hydrogen-bond acceptors (Lipinski definition) is 5. The molecule has 2 aromatic rings. The maximum atomic E-state index is 11.9. The van der Waals surface area contributed by atoms with Crippen LogP contribution in [0.15, 0.2) is 36.5 Å². The Morgan fingerprint density at radius 1 is 1.00 bits per heavy atom. The van der Waals surface area contributed by atoms with Gasteiger partial charge in [-0.1, -0.05) is 0 Å². The Bertz CT molecular complexity index is 558. The third-order valence-electron chi connectivity index (χ3n) is 1.92. The summed E-state index contributed by atoms with van der Waals surface area (Å²) in [6, 6.07) is 6.32. The summed E-state index contributed by atoms with van der Waals surface area (Å²) in [6.45, 7) is 0. The molecular weight excluding hydrogens is 263 g/mol. The van der Waals surface area contributed by atoms with Crippen molar-refractivity contribution < 1.29 is 22.6 Å². The topological polar surface area (TPSA) is 70.3 Å². The van der Waals surface area contributed by atoms with Crippen molar-refractivity contribution in [3.63, 3.8) is 0 Å². The number of ether oxygens (including phenoxy) is 2. The van der Waals surface area contributed by atoms with Gasteiger partial charge in [-0.05, 0) is 30.3 Å². The Morgan fingerprint density at radius 2 is 1.63 bits per heavy atom. The lowest BCUT2D eigenvalue weighted by Crippen LogP contribution is -2.16. The van der Waals surface area contributed by atoms with Crippen LogP contribution >= 0.6 is 0 Å². The van der Waals surface area contributed by atoms with Gasteiger partial charge in [-0.15, -0.1) is 13.2 Å². The normalized spacial score (nSPS) is 11.1. The van der Waals surface area contributed by atoms with E-state index in [0.29, 0.717) is 0 Å². The minimum atomic E-state index is -4.72. The second kappa shape index (κ2) is 5.01. The molecule has 0 aliphatic rings. The van der Waals surface area contributed by atoms with Gasteiger partial charge in [0, 0.05) is 6.20 Å². The Hall–Kier alpha value is -2.51. The molecule has 5 nitrogen and oxygen atoms in total. The summed E-state index contributed by atoms with van der Waals surface area (Å²) in [5.41, 5.74) is 5.43. The average Bonchev–Trinajstić information content (AvgIpc) is 2.30. The summed E-state index contributed by atoms with van der Waals surface area (Å²) < 4.78 is 44.8. The van der Waals surface area contributed by atoms with Gasteiger partial charge in [-0.2, -0.15) is 4.98 Å². The van der Waals surface area contributed by atoms with Gasteiger partial charge in [0.15, 0.2) is 0 Å². The largest absolute Gasteiger partial charge is 0.573 e. The number of benzene rings is 1. The van der Waals surface area contributed by atoms with Crippen LogP contribution in [0.3, 0.4) is 0 Å². The Morgan fingerprint density at radius 3 is 2.21 bits per heavy atom. The highest BCUT2D eigenvalue weighted by molar-refractivity contribution is 5.34. The first kappa shape index (κ1) is 12.9. The lowest BCUT2D eigenvalue weighted by molar-refractivity contribution is -0.274. The smallest absolute Gasteiger partial charge is 0.424 e. The monoisotopic (exact) mass is 271 g/mol. The van der Waals surface area contributed by atoms with Gasteiger partial charge in [0.1, 0.15) is 17.3 Å². The van der Waals surface area contributed by atoms with Gasteiger partial charge >= 0.3 is 12.4 Å². The maximum absolute atomic E-state index is 11.9. The number of nitrogen functional groups attached to an aromatic ring is 1. The van der Waals surface area contributed by atoms with E-state index in [0.717, 1.165) is 12.1 Å². The zero-order valence-corrected chi connectivity index (χ0v) is 9.39. The number of aromatic nitrogens is 2. The fourth-order valence-electron chi connectivity index (χ4n) is 1.22. The van der Waals surface area contributed by atoms with E-state index in [1.807, 2.05) is 0 Å². The predicted molar refractivity (Wildman–Crippen MR) is 59.6 cm³/mol. The molecule has 0 amide bonds. The van der Waals surface area contributed by atoms with Crippen LogP contribution in [0.1, 0.15) is 0 Å². The molecule has 2 N–H and O–H groups in total. The molecule has 100 valence electrons. The number of halogens is 3. The van der Waals surface area contributed by atoms with Crippen LogP contribution in [0.5, 0.6) is 17.5 Å². The molecule has 0 aliphatic carbocycles. The molecular formula is C11H8F3N3O2. The van der Waals surface area contributed by atoms with E-state index in [9.17, 15) is 13.2 Å². The fraction of sp³-hybridized carbons (Fsp3) is 0.0909. The molecule has 1 heterocycles. The van der Waals surface area contributed by atoms with Gasteiger partial charge in [0.05, 0.1) is 0 Å². The van der Waals surface area contributed by atoms with E-state index in [-0.39, 0.29) is 23.3 Å². The summed E-state index contributed by atoms with van der Waals surface area (Å²) >= 11 is 0. The summed E-state index contributed by atoms with van der Waals surface area (Å²) in [5.74, 6) is 0.149. The van der Waals surface area contributed by atoms with E-state index in [1.165, 1.54) is 24.4 Å². The lowest BCUT2D eigenvalue weighted by atomic mass is 10.3. The number of rotatable bonds is 3. The number of hydrogen-bond donors (Lipinski definition) is 1. The third-order valence-corrected chi connectivity index (χ3v) is 1.92. The number of alkyl halides is 3. The molecule has 0 fully saturated rings. The first-order valence-corrected chi connectivity index (χ1v) is 5.04. The van der Waals surface area contributed by atoms with Crippen LogP contribution in [0.2, 0.25) is 0 Å². The number of nitrogens with zero attached hydrogens (tertiary/aromatic N) is 2. The number of nitrogens with two attached hydrogens (primary N) is 1. The van der Waals surface area contributed by atoms with E-state index in [1.54, 1.807) is 0 Å². The Balaban J connectivity index is 2.07. The molecule has 1 aromatic carbocycles. The van der Waals surface area contributed by atoms with Crippen molar-refractivity contribution in [2.45, 2.75) is 6.36 Å². The van der Waals surface area contributed by atoms with Crippen molar-refractivity contribution in [3.05, 3.63) is 36.5 Å². The molecule has 0 atom stereocenters.